The summed E-state index contributed by atoms with van der Waals surface area (Å²) in [6, 6.07) is 0. The number of hydrogen-bond donors (Lipinski definition) is 0. The van der Waals surface area contributed by atoms with Gasteiger partial charge in [0.15, 0.2) is 0 Å². The third kappa shape index (κ3) is 32.8. The zero-order chi connectivity index (χ0) is 34.3. The summed E-state index contributed by atoms with van der Waals surface area (Å²) in [5, 5.41) is 0. The molecule has 3 nitrogen and oxygen atoms in total. The predicted molar refractivity (Wildman–Crippen MR) is 214 cm³/mol. The smallest absolute Gasteiger partial charge is 0.0934 e. The van der Waals surface area contributed by atoms with Crippen LogP contribution in [0.5, 0.6) is 0 Å². The van der Waals surface area contributed by atoms with E-state index in [2.05, 4.69) is 91.7 Å². The molecular weight excluding hydrogens is 587 g/mol. The number of likely N-dealkylation sites (tertiary alicyclic amines) is 1. The van der Waals surface area contributed by atoms with E-state index in [1.165, 1.54) is 129 Å². The van der Waals surface area contributed by atoms with Crippen LogP contribution in [0.3, 0.4) is 0 Å². The van der Waals surface area contributed by atoms with E-state index in [0.717, 1.165) is 64.9 Å². The zero-order valence-corrected chi connectivity index (χ0v) is 32.0. The fraction of sp³-hybridized carbons (Fsp3) is 0.733. The van der Waals surface area contributed by atoms with Crippen molar-refractivity contribution in [3.8, 4) is 0 Å². The van der Waals surface area contributed by atoms with Crippen LogP contribution in [0.15, 0.2) is 72.9 Å². The molecule has 0 aromatic carbocycles. The van der Waals surface area contributed by atoms with Gasteiger partial charge in [0.05, 0.1) is 12.7 Å². The van der Waals surface area contributed by atoms with Crippen LogP contribution in [0.4, 0.5) is 0 Å². The van der Waals surface area contributed by atoms with Crippen molar-refractivity contribution in [2.45, 2.75) is 174 Å². The molecule has 276 valence electrons. The molecule has 0 bridgehead atoms. The van der Waals surface area contributed by atoms with Crippen LogP contribution in [0.2, 0.25) is 0 Å². The zero-order valence-electron chi connectivity index (χ0n) is 32.0. The summed E-state index contributed by atoms with van der Waals surface area (Å²) in [6.45, 7) is 10.5. The number of nitrogens with zero attached hydrogens (tertiary/aromatic N) is 1. The maximum atomic E-state index is 6.36. The molecule has 0 N–H and O–H groups in total. The van der Waals surface area contributed by atoms with Gasteiger partial charge in [0.25, 0.3) is 0 Å². The van der Waals surface area contributed by atoms with E-state index in [-0.39, 0.29) is 6.10 Å². The summed E-state index contributed by atoms with van der Waals surface area (Å²) in [4.78, 5) is 2.57. The summed E-state index contributed by atoms with van der Waals surface area (Å²) in [5.74, 6) is 0. The third-order valence-electron chi connectivity index (χ3n) is 9.03. The lowest BCUT2D eigenvalue weighted by Gasteiger charge is -2.24. The standard InChI is InChI=1S/C45H79NO2/c1-3-5-7-9-11-13-15-17-19-21-22-23-25-27-29-31-33-37-41-47-44-45(43-46-39-35-36-40-46)48-42-38-34-32-30-28-26-24-20-18-16-14-12-10-8-6-4-2/h11-14,17-20,22-23,27,29,45H,3-10,15-16,21,24-26,28,30-44H2,1-2H3. The van der Waals surface area contributed by atoms with E-state index >= 15 is 0 Å². The SMILES string of the molecule is CCCCCC=CCC=CCC=CCC=CCCCCOCC(CN1CCCC1)OCCCCCCCCC=CCC=CCCCCC. The lowest BCUT2D eigenvalue weighted by atomic mass is 10.1. The molecular formula is C45H79NO2. The summed E-state index contributed by atoms with van der Waals surface area (Å²) < 4.78 is 12.5. The maximum Gasteiger partial charge on any atom is 0.0934 e. The van der Waals surface area contributed by atoms with E-state index in [0.29, 0.717) is 0 Å². The van der Waals surface area contributed by atoms with E-state index in [9.17, 15) is 0 Å². The quantitative estimate of drug-likeness (QED) is 0.0497. The Morgan fingerprint density at radius 2 is 0.854 bits per heavy atom. The van der Waals surface area contributed by atoms with Crippen LogP contribution in [0.1, 0.15) is 168 Å². The second-order valence-corrected chi connectivity index (χ2v) is 13.7. The molecule has 0 aliphatic carbocycles. The van der Waals surface area contributed by atoms with Gasteiger partial charge in [0, 0.05) is 19.8 Å². The molecule has 3 heteroatoms. The molecule has 1 saturated heterocycles. The largest absolute Gasteiger partial charge is 0.379 e. The van der Waals surface area contributed by atoms with E-state index in [1.54, 1.807) is 0 Å². The minimum absolute atomic E-state index is 0.217. The Morgan fingerprint density at radius 3 is 1.35 bits per heavy atom. The highest BCUT2D eigenvalue weighted by Gasteiger charge is 2.18. The van der Waals surface area contributed by atoms with Crippen molar-refractivity contribution in [2.24, 2.45) is 0 Å². The summed E-state index contributed by atoms with van der Waals surface area (Å²) in [6.07, 6.45) is 57.8. The van der Waals surface area contributed by atoms with Gasteiger partial charge >= 0.3 is 0 Å². The highest BCUT2D eigenvalue weighted by molar-refractivity contribution is 4.99. The lowest BCUT2D eigenvalue weighted by Crippen LogP contribution is -2.35. The van der Waals surface area contributed by atoms with Crippen LogP contribution < -0.4 is 0 Å². The van der Waals surface area contributed by atoms with Crippen molar-refractivity contribution in [1.29, 1.82) is 0 Å². The van der Waals surface area contributed by atoms with Crippen molar-refractivity contribution < 1.29 is 9.47 Å². The molecule has 1 aliphatic heterocycles. The predicted octanol–water partition coefficient (Wildman–Crippen LogP) is 13.4. The molecule has 0 saturated carbocycles. The van der Waals surface area contributed by atoms with Gasteiger partial charge in [-0.25, -0.2) is 0 Å². The summed E-state index contributed by atoms with van der Waals surface area (Å²) >= 11 is 0. The lowest BCUT2D eigenvalue weighted by molar-refractivity contribution is -0.0315. The van der Waals surface area contributed by atoms with Gasteiger partial charge in [-0.05, 0) is 116 Å². The number of ether oxygens (including phenoxy) is 2. The van der Waals surface area contributed by atoms with Crippen LogP contribution in [-0.4, -0.2) is 50.5 Å². The molecule has 1 rings (SSSR count). The normalized spacial score (nSPS) is 15.4. The first-order valence-electron chi connectivity index (χ1n) is 20.7. The Bertz CT molecular complexity index is 817. The van der Waals surface area contributed by atoms with Crippen LogP contribution >= 0.6 is 0 Å². The Labute approximate surface area is 300 Å². The molecule has 1 aliphatic rings. The number of rotatable bonds is 35. The fourth-order valence-corrected chi connectivity index (χ4v) is 5.99. The van der Waals surface area contributed by atoms with Gasteiger partial charge in [-0.15, -0.1) is 0 Å². The molecule has 0 aromatic rings. The van der Waals surface area contributed by atoms with Gasteiger partial charge in [0.2, 0.25) is 0 Å². The summed E-state index contributed by atoms with van der Waals surface area (Å²) in [5.41, 5.74) is 0. The van der Waals surface area contributed by atoms with Gasteiger partial charge in [-0.2, -0.15) is 0 Å². The second kappa shape index (κ2) is 38.1. The Morgan fingerprint density at radius 1 is 0.458 bits per heavy atom. The minimum Gasteiger partial charge on any atom is -0.379 e. The molecule has 1 fully saturated rings. The highest BCUT2D eigenvalue weighted by Crippen LogP contribution is 2.12. The van der Waals surface area contributed by atoms with Crippen LogP contribution in [0, 0.1) is 0 Å². The van der Waals surface area contributed by atoms with Crippen molar-refractivity contribution in [3.63, 3.8) is 0 Å². The molecule has 0 spiro atoms. The Kier molecular flexibility index (Phi) is 35.2. The molecule has 0 aromatic heterocycles. The monoisotopic (exact) mass is 666 g/mol. The van der Waals surface area contributed by atoms with Crippen molar-refractivity contribution in [3.05, 3.63) is 72.9 Å². The van der Waals surface area contributed by atoms with Gasteiger partial charge < -0.3 is 14.4 Å². The average Bonchev–Trinajstić information content (AvgIpc) is 3.61. The van der Waals surface area contributed by atoms with E-state index < -0.39 is 0 Å². The highest BCUT2D eigenvalue weighted by atomic mass is 16.5. The molecule has 1 atom stereocenters. The van der Waals surface area contributed by atoms with Crippen molar-refractivity contribution in [2.75, 3.05) is 39.5 Å². The summed E-state index contributed by atoms with van der Waals surface area (Å²) in [7, 11) is 0. The first-order valence-corrected chi connectivity index (χ1v) is 20.7. The van der Waals surface area contributed by atoms with Crippen LogP contribution in [-0.2, 0) is 9.47 Å². The molecule has 48 heavy (non-hydrogen) atoms. The first kappa shape index (κ1) is 44.3. The van der Waals surface area contributed by atoms with Gasteiger partial charge in [0.1, 0.15) is 0 Å². The molecule has 1 heterocycles. The van der Waals surface area contributed by atoms with Crippen molar-refractivity contribution >= 4 is 0 Å². The van der Waals surface area contributed by atoms with E-state index in [1.807, 2.05) is 0 Å². The molecule has 1 unspecified atom stereocenters. The van der Waals surface area contributed by atoms with Gasteiger partial charge in [-0.3, -0.25) is 0 Å². The third-order valence-corrected chi connectivity index (χ3v) is 9.03. The Balaban J connectivity index is 2.01. The second-order valence-electron chi connectivity index (χ2n) is 13.7. The molecule has 0 radical (unpaired) electrons. The van der Waals surface area contributed by atoms with Gasteiger partial charge in [-0.1, -0.05) is 138 Å². The maximum absolute atomic E-state index is 6.36. The number of hydrogen-bond acceptors (Lipinski definition) is 3. The Hall–Kier alpha value is -1.68. The molecule has 0 amide bonds. The minimum atomic E-state index is 0.217. The first-order chi connectivity index (χ1) is 23.9. The number of allylic oxidation sites excluding steroid dienone is 12. The average molecular weight is 666 g/mol. The van der Waals surface area contributed by atoms with Crippen LogP contribution in [0.25, 0.3) is 0 Å². The topological polar surface area (TPSA) is 21.7 Å². The number of unbranched alkanes of at least 4 members (excludes halogenated alkanes) is 14. The fourth-order valence-electron chi connectivity index (χ4n) is 5.99. The van der Waals surface area contributed by atoms with Crippen molar-refractivity contribution in [1.82, 2.24) is 4.90 Å². The van der Waals surface area contributed by atoms with E-state index in [4.69, 9.17) is 9.47 Å².